The lowest BCUT2D eigenvalue weighted by Crippen LogP contribution is -2.38. The van der Waals surface area contributed by atoms with Crippen LogP contribution >= 0.6 is 24.0 Å². The lowest BCUT2D eigenvalue weighted by Gasteiger charge is -2.13. The highest BCUT2D eigenvalue weighted by molar-refractivity contribution is 14.0. The number of guanidine groups is 1. The molecule has 2 rings (SSSR count). The van der Waals surface area contributed by atoms with Crippen molar-refractivity contribution in [1.29, 1.82) is 0 Å². The summed E-state index contributed by atoms with van der Waals surface area (Å²) >= 11 is 0. The smallest absolute Gasteiger partial charge is 0.253 e. The summed E-state index contributed by atoms with van der Waals surface area (Å²) in [5.74, 6) is 0.846. The van der Waals surface area contributed by atoms with Gasteiger partial charge in [-0.2, -0.15) is 5.10 Å². The molecule has 0 saturated carbocycles. The Bertz CT molecular complexity index is 831. The lowest BCUT2D eigenvalue weighted by atomic mass is 10.1. The highest BCUT2D eigenvalue weighted by Gasteiger charge is 2.08. The Morgan fingerprint density at radius 2 is 1.97 bits per heavy atom. The summed E-state index contributed by atoms with van der Waals surface area (Å²) in [4.78, 5) is 18.4. The van der Waals surface area contributed by atoms with Gasteiger partial charge in [0.2, 0.25) is 0 Å². The number of benzene rings is 1. The summed E-state index contributed by atoms with van der Waals surface area (Å²) in [5.41, 5.74) is 4.09. The Hall–Kier alpha value is -2.10. The van der Waals surface area contributed by atoms with Crippen LogP contribution in [0.3, 0.4) is 0 Å². The Kier molecular flexibility index (Phi) is 11.5. The first-order valence-electron chi connectivity index (χ1n) is 10.2. The van der Waals surface area contributed by atoms with Crippen molar-refractivity contribution >= 4 is 35.8 Å². The fraction of sp³-hybridized carbons (Fsp3) is 0.500. The van der Waals surface area contributed by atoms with E-state index in [1.54, 1.807) is 19.0 Å². The van der Waals surface area contributed by atoms with Crippen molar-refractivity contribution in [3.05, 3.63) is 52.8 Å². The van der Waals surface area contributed by atoms with Crippen molar-refractivity contribution in [2.24, 2.45) is 4.99 Å². The quantitative estimate of drug-likeness (QED) is 0.228. The maximum atomic E-state index is 12.1. The van der Waals surface area contributed by atoms with E-state index < -0.39 is 0 Å². The number of nitrogens with zero attached hydrogens (tertiary/aromatic N) is 4. The fourth-order valence-corrected chi connectivity index (χ4v) is 3.10. The molecule has 166 valence electrons. The third-order valence-corrected chi connectivity index (χ3v) is 4.53. The summed E-state index contributed by atoms with van der Waals surface area (Å²) in [6.45, 7) is 9.33. The number of carbonyl (C=O) groups is 1. The maximum absolute atomic E-state index is 12.1. The van der Waals surface area contributed by atoms with Crippen molar-refractivity contribution in [2.75, 3.05) is 33.7 Å². The number of hydrogen-bond donors (Lipinski definition) is 2. The molecule has 0 aliphatic rings. The Morgan fingerprint density at radius 1 is 1.20 bits per heavy atom. The van der Waals surface area contributed by atoms with E-state index >= 15 is 0 Å². The average molecular weight is 526 g/mol. The van der Waals surface area contributed by atoms with Gasteiger partial charge in [0.05, 0.1) is 5.69 Å². The first-order chi connectivity index (χ1) is 13.9. The second-order valence-corrected chi connectivity index (χ2v) is 7.34. The van der Waals surface area contributed by atoms with Gasteiger partial charge in [-0.15, -0.1) is 24.0 Å². The molecular formula is C22H35IN6O. The molecule has 2 aromatic rings. The van der Waals surface area contributed by atoms with Crippen LogP contribution in [0.15, 0.2) is 35.3 Å². The number of hydrogen-bond acceptors (Lipinski definition) is 3. The molecule has 0 atom stereocenters. The minimum Gasteiger partial charge on any atom is -0.357 e. The first kappa shape index (κ1) is 25.9. The number of aromatic nitrogens is 2. The predicted octanol–water partition coefficient (Wildman–Crippen LogP) is 3.01. The molecule has 8 heteroatoms. The van der Waals surface area contributed by atoms with Crippen LogP contribution < -0.4 is 10.6 Å². The zero-order chi connectivity index (χ0) is 21.2. The molecule has 1 aromatic carbocycles. The van der Waals surface area contributed by atoms with E-state index in [4.69, 9.17) is 0 Å². The van der Waals surface area contributed by atoms with E-state index in [2.05, 4.69) is 40.6 Å². The van der Waals surface area contributed by atoms with Crippen LogP contribution in [0, 0.1) is 13.8 Å². The Balaban J connectivity index is 0.00000450. The number of aryl methyl sites for hydroxylation is 3. The molecule has 30 heavy (non-hydrogen) atoms. The van der Waals surface area contributed by atoms with Gasteiger partial charge in [0.25, 0.3) is 5.91 Å². The second kappa shape index (κ2) is 13.3. The minimum absolute atomic E-state index is 0. The Labute approximate surface area is 197 Å². The predicted molar refractivity (Wildman–Crippen MR) is 134 cm³/mol. The normalized spacial score (nSPS) is 11.0. The van der Waals surface area contributed by atoms with Crippen molar-refractivity contribution in [2.45, 2.75) is 40.2 Å². The molecular weight excluding hydrogens is 491 g/mol. The number of carbonyl (C=O) groups excluding carboxylic acids is 1. The molecule has 1 aromatic heterocycles. The molecule has 0 aliphatic heterocycles. The molecule has 0 aliphatic carbocycles. The van der Waals surface area contributed by atoms with E-state index in [-0.39, 0.29) is 29.9 Å². The summed E-state index contributed by atoms with van der Waals surface area (Å²) in [6, 6.07) is 9.89. The molecule has 0 bridgehead atoms. The third kappa shape index (κ3) is 8.33. The number of nitrogens with one attached hydrogen (secondary N) is 2. The maximum Gasteiger partial charge on any atom is 0.253 e. The van der Waals surface area contributed by atoms with Crippen LogP contribution in [0.5, 0.6) is 0 Å². The van der Waals surface area contributed by atoms with Gasteiger partial charge in [-0.1, -0.05) is 12.1 Å². The van der Waals surface area contributed by atoms with Gasteiger partial charge in [0.15, 0.2) is 5.96 Å². The minimum atomic E-state index is 0. The zero-order valence-electron chi connectivity index (χ0n) is 18.7. The van der Waals surface area contributed by atoms with Gasteiger partial charge in [-0.05, 0) is 57.4 Å². The van der Waals surface area contributed by atoms with Gasteiger partial charge in [-0.3, -0.25) is 14.5 Å². The van der Waals surface area contributed by atoms with Crippen molar-refractivity contribution in [3.8, 4) is 0 Å². The van der Waals surface area contributed by atoms with E-state index in [0.717, 1.165) is 61.8 Å². The number of halogens is 1. The second-order valence-electron chi connectivity index (χ2n) is 7.34. The molecule has 0 spiro atoms. The monoisotopic (exact) mass is 526 g/mol. The highest BCUT2D eigenvalue weighted by Crippen LogP contribution is 2.08. The molecule has 0 radical (unpaired) electrons. The number of rotatable bonds is 9. The van der Waals surface area contributed by atoms with Crippen LogP contribution in [0.4, 0.5) is 0 Å². The van der Waals surface area contributed by atoms with Crippen molar-refractivity contribution in [3.63, 3.8) is 0 Å². The van der Waals surface area contributed by atoms with Gasteiger partial charge in [0, 0.05) is 51.5 Å². The van der Waals surface area contributed by atoms with Crippen LogP contribution in [0.25, 0.3) is 0 Å². The van der Waals surface area contributed by atoms with E-state index in [0.29, 0.717) is 0 Å². The summed E-state index contributed by atoms with van der Waals surface area (Å²) in [5, 5.41) is 11.1. The van der Waals surface area contributed by atoms with E-state index in [9.17, 15) is 4.79 Å². The summed E-state index contributed by atoms with van der Waals surface area (Å²) < 4.78 is 2.03. The fourth-order valence-electron chi connectivity index (χ4n) is 3.10. The van der Waals surface area contributed by atoms with E-state index in [1.807, 2.05) is 35.9 Å². The van der Waals surface area contributed by atoms with Crippen LogP contribution in [0.2, 0.25) is 0 Å². The summed E-state index contributed by atoms with van der Waals surface area (Å²) in [7, 11) is 3.54. The third-order valence-electron chi connectivity index (χ3n) is 4.53. The van der Waals surface area contributed by atoms with Crippen LogP contribution in [-0.4, -0.2) is 60.3 Å². The number of aliphatic imine (C=N–C) groups is 1. The van der Waals surface area contributed by atoms with Gasteiger partial charge in [-0.25, -0.2) is 0 Å². The molecule has 0 fully saturated rings. The number of amides is 1. The van der Waals surface area contributed by atoms with Crippen molar-refractivity contribution < 1.29 is 4.79 Å². The molecule has 7 nitrogen and oxygen atoms in total. The topological polar surface area (TPSA) is 74.5 Å². The van der Waals surface area contributed by atoms with Gasteiger partial charge in [0.1, 0.15) is 0 Å². The molecule has 1 amide bonds. The van der Waals surface area contributed by atoms with Gasteiger partial charge < -0.3 is 15.5 Å². The largest absolute Gasteiger partial charge is 0.357 e. The zero-order valence-corrected chi connectivity index (χ0v) is 21.1. The standard InChI is InChI=1S/C22H34N6O.HI/c1-6-23-22(24-12-8-14-28-18(3)15-17(2)26-28)25-13-11-19-9-7-10-20(16-19)21(29)27(4)5;/h7,9-10,15-16H,6,8,11-14H2,1-5H3,(H2,23,24,25);1H. The van der Waals surface area contributed by atoms with Crippen LogP contribution in [-0.2, 0) is 13.0 Å². The van der Waals surface area contributed by atoms with Crippen LogP contribution in [0.1, 0.15) is 40.7 Å². The van der Waals surface area contributed by atoms with Crippen molar-refractivity contribution in [1.82, 2.24) is 25.3 Å². The molecule has 1 heterocycles. The summed E-state index contributed by atoms with van der Waals surface area (Å²) in [6.07, 6.45) is 1.76. The molecule has 0 unspecified atom stereocenters. The Morgan fingerprint density at radius 3 is 2.60 bits per heavy atom. The SMILES string of the molecule is CCNC(=NCCCn1nc(C)cc1C)NCCc1cccc(C(=O)N(C)C)c1.I. The first-order valence-corrected chi connectivity index (χ1v) is 10.2. The average Bonchev–Trinajstić information content (AvgIpc) is 3.01. The highest BCUT2D eigenvalue weighted by atomic mass is 127. The molecule has 2 N–H and O–H groups in total. The molecule has 0 saturated heterocycles. The lowest BCUT2D eigenvalue weighted by molar-refractivity contribution is 0.0827. The van der Waals surface area contributed by atoms with Gasteiger partial charge >= 0.3 is 0 Å². The van der Waals surface area contributed by atoms with E-state index in [1.165, 1.54) is 5.69 Å².